The van der Waals surface area contributed by atoms with Crippen LogP contribution in [0, 0.1) is 0 Å². The van der Waals surface area contributed by atoms with Gasteiger partial charge in [-0.2, -0.15) is 0 Å². The summed E-state index contributed by atoms with van der Waals surface area (Å²) < 4.78 is 10.3. The van der Waals surface area contributed by atoms with Gasteiger partial charge >= 0.3 is 0 Å². The summed E-state index contributed by atoms with van der Waals surface area (Å²) in [6.45, 7) is 4.06. The predicted octanol–water partition coefficient (Wildman–Crippen LogP) is 3.18. The van der Waals surface area contributed by atoms with Gasteiger partial charge in [-0.25, -0.2) is 0 Å². The van der Waals surface area contributed by atoms with Crippen LogP contribution in [-0.2, 0) is 4.74 Å². The van der Waals surface area contributed by atoms with Crippen LogP contribution in [0.2, 0.25) is 5.02 Å². The zero-order chi connectivity index (χ0) is 12.1. The highest BCUT2D eigenvalue weighted by atomic mass is 35.5. The maximum atomic E-state index is 6.12. The molecule has 0 radical (unpaired) electrons. The maximum absolute atomic E-state index is 6.12. The molecular weight excluding hydrogens is 226 g/mol. The fraction of sp³-hybridized carbons (Fsp3) is 0.500. The van der Waals surface area contributed by atoms with E-state index in [-0.39, 0.29) is 12.1 Å². The lowest BCUT2D eigenvalue weighted by Gasteiger charge is -2.21. The third-order valence-electron chi connectivity index (χ3n) is 2.64. The van der Waals surface area contributed by atoms with Crippen molar-refractivity contribution in [3.8, 4) is 5.75 Å². The van der Waals surface area contributed by atoms with Gasteiger partial charge in [-0.15, -0.1) is 0 Å². The van der Waals surface area contributed by atoms with Crippen LogP contribution in [0.4, 0.5) is 5.69 Å². The first kappa shape index (κ1) is 13.1. The Balaban J connectivity index is 2.74. The molecule has 0 aliphatic rings. The number of anilines is 1. The van der Waals surface area contributed by atoms with Crippen molar-refractivity contribution in [2.75, 3.05) is 19.5 Å². The fourth-order valence-corrected chi connectivity index (χ4v) is 1.53. The van der Waals surface area contributed by atoms with Gasteiger partial charge in [0.2, 0.25) is 0 Å². The molecule has 0 spiro atoms. The molecule has 3 nitrogen and oxygen atoms in total. The Morgan fingerprint density at radius 3 is 2.44 bits per heavy atom. The highest BCUT2D eigenvalue weighted by Gasteiger charge is 2.12. The molecule has 0 saturated heterocycles. The van der Waals surface area contributed by atoms with Gasteiger partial charge in [-0.05, 0) is 26.0 Å². The second-order valence-corrected chi connectivity index (χ2v) is 4.13. The molecular formula is C12H18ClNO2. The molecule has 1 N–H and O–H groups in total. The van der Waals surface area contributed by atoms with Crippen LogP contribution in [0.5, 0.6) is 5.75 Å². The van der Waals surface area contributed by atoms with E-state index in [2.05, 4.69) is 12.2 Å². The van der Waals surface area contributed by atoms with E-state index >= 15 is 0 Å². The minimum atomic E-state index is 0.123. The van der Waals surface area contributed by atoms with E-state index in [1.165, 1.54) is 0 Å². The first-order valence-electron chi connectivity index (χ1n) is 5.21. The molecule has 4 heteroatoms. The number of rotatable bonds is 5. The van der Waals surface area contributed by atoms with Gasteiger partial charge in [0, 0.05) is 19.2 Å². The van der Waals surface area contributed by atoms with Crippen molar-refractivity contribution in [2.45, 2.75) is 26.0 Å². The van der Waals surface area contributed by atoms with E-state index in [1.807, 2.05) is 19.1 Å². The van der Waals surface area contributed by atoms with Crippen molar-refractivity contribution >= 4 is 17.3 Å². The van der Waals surface area contributed by atoms with E-state index in [9.17, 15) is 0 Å². The smallest absolute Gasteiger partial charge is 0.120 e. The van der Waals surface area contributed by atoms with Crippen molar-refractivity contribution in [1.82, 2.24) is 0 Å². The highest BCUT2D eigenvalue weighted by Crippen LogP contribution is 2.27. The van der Waals surface area contributed by atoms with Crippen LogP contribution >= 0.6 is 11.6 Å². The molecule has 0 aliphatic carbocycles. The normalized spacial score (nSPS) is 14.3. The third-order valence-corrected chi connectivity index (χ3v) is 2.95. The average Bonchev–Trinajstić information content (AvgIpc) is 2.30. The van der Waals surface area contributed by atoms with Crippen molar-refractivity contribution in [1.29, 1.82) is 0 Å². The van der Waals surface area contributed by atoms with Crippen LogP contribution < -0.4 is 10.1 Å². The molecule has 0 saturated carbocycles. The Bertz CT molecular complexity index is 344. The molecule has 0 amide bonds. The first-order valence-corrected chi connectivity index (χ1v) is 5.59. The molecule has 2 unspecified atom stereocenters. The van der Waals surface area contributed by atoms with Crippen molar-refractivity contribution in [3.63, 3.8) is 0 Å². The molecule has 16 heavy (non-hydrogen) atoms. The maximum Gasteiger partial charge on any atom is 0.120 e. The largest absolute Gasteiger partial charge is 0.497 e. The van der Waals surface area contributed by atoms with Gasteiger partial charge in [-0.1, -0.05) is 11.6 Å². The van der Waals surface area contributed by atoms with Crippen LogP contribution in [0.15, 0.2) is 18.2 Å². The number of halogens is 1. The Kier molecular flexibility index (Phi) is 4.90. The summed E-state index contributed by atoms with van der Waals surface area (Å²) >= 11 is 6.12. The van der Waals surface area contributed by atoms with Gasteiger partial charge in [-0.3, -0.25) is 0 Å². The van der Waals surface area contributed by atoms with E-state index in [0.29, 0.717) is 5.02 Å². The zero-order valence-electron chi connectivity index (χ0n) is 10.1. The number of benzene rings is 1. The van der Waals surface area contributed by atoms with Crippen LogP contribution in [0.25, 0.3) is 0 Å². The van der Waals surface area contributed by atoms with Gasteiger partial charge in [0.1, 0.15) is 5.75 Å². The molecule has 0 fully saturated rings. The molecule has 0 heterocycles. The molecule has 1 aromatic carbocycles. The molecule has 90 valence electrons. The Labute approximate surface area is 102 Å². The SMILES string of the molecule is COc1ccc(NC(C)C(C)OC)c(Cl)c1. The third kappa shape index (κ3) is 3.29. The Morgan fingerprint density at radius 1 is 1.25 bits per heavy atom. The molecule has 0 aromatic heterocycles. The lowest BCUT2D eigenvalue weighted by Crippen LogP contribution is -2.29. The Hall–Kier alpha value is -0.930. The standard InChI is InChI=1S/C12H18ClNO2/c1-8(9(2)15-3)14-12-6-5-10(16-4)7-11(12)13/h5-9,14H,1-4H3. The summed E-state index contributed by atoms with van der Waals surface area (Å²) in [7, 11) is 3.31. The first-order chi connectivity index (χ1) is 7.58. The number of ether oxygens (including phenoxy) is 2. The Morgan fingerprint density at radius 2 is 1.94 bits per heavy atom. The lowest BCUT2D eigenvalue weighted by atomic mass is 10.2. The summed E-state index contributed by atoms with van der Waals surface area (Å²) in [5, 5.41) is 3.95. The fourth-order valence-electron chi connectivity index (χ4n) is 1.31. The molecule has 0 aliphatic heterocycles. The van der Waals surface area contributed by atoms with E-state index < -0.39 is 0 Å². The molecule has 2 atom stereocenters. The molecule has 0 bridgehead atoms. The van der Waals surface area contributed by atoms with E-state index in [1.54, 1.807) is 20.3 Å². The lowest BCUT2D eigenvalue weighted by molar-refractivity contribution is 0.106. The van der Waals surface area contributed by atoms with Crippen LogP contribution in [-0.4, -0.2) is 26.4 Å². The topological polar surface area (TPSA) is 30.5 Å². The zero-order valence-corrected chi connectivity index (χ0v) is 10.8. The second-order valence-electron chi connectivity index (χ2n) is 3.72. The number of hydrogen-bond acceptors (Lipinski definition) is 3. The van der Waals surface area contributed by atoms with Crippen molar-refractivity contribution in [3.05, 3.63) is 23.2 Å². The molecule has 1 aromatic rings. The highest BCUT2D eigenvalue weighted by molar-refractivity contribution is 6.33. The average molecular weight is 244 g/mol. The van der Waals surface area contributed by atoms with Crippen LogP contribution in [0.3, 0.4) is 0 Å². The van der Waals surface area contributed by atoms with Crippen molar-refractivity contribution in [2.24, 2.45) is 0 Å². The summed E-state index contributed by atoms with van der Waals surface area (Å²) in [5.74, 6) is 0.753. The number of nitrogens with one attached hydrogen (secondary N) is 1. The van der Waals surface area contributed by atoms with Gasteiger partial charge in [0.25, 0.3) is 0 Å². The van der Waals surface area contributed by atoms with Crippen LogP contribution in [0.1, 0.15) is 13.8 Å². The minimum Gasteiger partial charge on any atom is -0.497 e. The number of methoxy groups -OCH3 is 2. The van der Waals surface area contributed by atoms with E-state index in [0.717, 1.165) is 11.4 Å². The van der Waals surface area contributed by atoms with Gasteiger partial charge in [0.15, 0.2) is 0 Å². The predicted molar refractivity (Wildman–Crippen MR) is 67.6 cm³/mol. The quantitative estimate of drug-likeness (QED) is 0.862. The summed E-state index contributed by atoms with van der Waals surface area (Å²) in [6.07, 6.45) is 0.123. The number of hydrogen-bond donors (Lipinski definition) is 1. The summed E-state index contributed by atoms with van der Waals surface area (Å²) in [5.41, 5.74) is 0.888. The van der Waals surface area contributed by atoms with Gasteiger partial charge < -0.3 is 14.8 Å². The summed E-state index contributed by atoms with van der Waals surface area (Å²) in [4.78, 5) is 0. The monoisotopic (exact) mass is 243 g/mol. The minimum absolute atomic E-state index is 0.123. The summed E-state index contributed by atoms with van der Waals surface area (Å²) in [6, 6.07) is 5.75. The second kappa shape index (κ2) is 5.97. The van der Waals surface area contributed by atoms with Crippen molar-refractivity contribution < 1.29 is 9.47 Å². The van der Waals surface area contributed by atoms with Gasteiger partial charge in [0.05, 0.1) is 23.9 Å². The van der Waals surface area contributed by atoms with E-state index in [4.69, 9.17) is 21.1 Å². The molecule has 1 rings (SSSR count).